The van der Waals surface area contributed by atoms with E-state index in [1.165, 1.54) is 12.4 Å². The molecule has 3 heterocycles. The summed E-state index contributed by atoms with van der Waals surface area (Å²) >= 11 is 0. The first-order valence-electron chi connectivity index (χ1n) is 9.26. The van der Waals surface area contributed by atoms with Gasteiger partial charge in [-0.2, -0.15) is 13.2 Å². The summed E-state index contributed by atoms with van der Waals surface area (Å²) in [6.45, 7) is 2.08. The maximum Gasteiger partial charge on any atom is 0.416 e. The number of rotatable bonds is 2. The lowest BCUT2D eigenvalue weighted by atomic mass is 9.72. The molecule has 8 heteroatoms. The predicted molar refractivity (Wildman–Crippen MR) is 98.6 cm³/mol. The third-order valence-electron chi connectivity index (χ3n) is 5.94. The molecular formula is C21H17F4N3O. The Kier molecular flexibility index (Phi) is 4.03. The van der Waals surface area contributed by atoms with Crippen molar-refractivity contribution in [2.75, 3.05) is 24.7 Å². The number of allylic oxidation sites excluding steroid dienone is 2. The summed E-state index contributed by atoms with van der Waals surface area (Å²) in [5.41, 5.74) is -0.850. The molecule has 2 fully saturated rings. The van der Waals surface area contributed by atoms with Crippen LogP contribution in [0.15, 0.2) is 54.9 Å². The highest BCUT2D eigenvalue weighted by Crippen LogP contribution is 2.48. The van der Waals surface area contributed by atoms with Gasteiger partial charge in [0.2, 0.25) is 5.95 Å². The summed E-state index contributed by atoms with van der Waals surface area (Å²) in [6, 6.07) is 2.42. The Morgan fingerprint density at radius 1 is 1.07 bits per heavy atom. The van der Waals surface area contributed by atoms with Crippen LogP contribution in [0.2, 0.25) is 0 Å². The average molecular weight is 403 g/mol. The highest BCUT2D eigenvalue weighted by molar-refractivity contribution is 5.64. The number of alkyl halides is 3. The van der Waals surface area contributed by atoms with Gasteiger partial charge in [0.1, 0.15) is 5.82 Å². The number of ether oxygens (including phenoxy) is 1. The van der Waals surface area contributed by atoms with E-state index in [9.17, 15) is 17.6 Å². The van der Waals surface area contributed by atoms with Crippen LogP contribution < -0.4 is 4.90 Å². The van der Waals surface area contributed by atoms with Crippen LogP contribution in [0.3, 0.4) is 0 Å². The molecular weight excluding hydrogens is 386 g/mol. The van der Waals surface area contributed by atoms with E-state index in [1.54, 1.807) is 0 Å². The number of aromatic nitrogens is 2. The molecule has 2 unspecified atom stereocenters. The Morgan fingerprint density at radius 3 is 2.45 bits per heavy atom. The van der Waals surface area contributed by atoms with Crippen molar-refractivity contribution in [2.24, 2.45) is 11.3 Å². The third kappa shape index (κ3) is 2.93. The van der Waals surface area contributed by atoms with Crippen molar-refractivity contribution in [3.05, 3.63) is 66.3 Å². The molecule has 0 amide bonds. The standard InChI is InChI=1S/C21H17F4N3O/c22-17-6-5-14(21(23,24)25)7-15(17)13-8-26-19(27-9-13)28-10-20(11-29-12-20)16-3-1-2-4-18(16)28/h1-9,16,18H,10-12H2. The minimum Gasteiger partial charge on any atom is -0.380 e. The maximum absolute atomic E-state index is 14.2. The fourth-order valence-electron chi connectivity index (χ4n) is 4.39. The van der Waals surface area contributed by atoms with Gasteiger partial charge in [-0.05, 0) is 18.2 Å². The van der Waals surface area contributed by atoms with Gasteiger partial charge in [-0.25, -0.2) is 14.4 Å². The molecule has 0 N–H and O–H groups in total. The second-order valence-electron chi connectivity index (χ2n) is 7.73. The fourth-order valence-corrected chi connectivity index (χ4v) is 4.39. The Balaban J connectivity index is 1.46. The first-order chi connectivity index (χ1) is 13.9. The Bertz CT molecular complexity index is 996. The number of halogens is 4. The minimum absolute atomic E-state index is 0.0289. The lowest BCUT2D eigenvalue weighted by Gasteiger charge is -2.41. The molecule has 3 aliphatic rings. The van der Waals surface area contributed by atoms with Crippen LogP contribution in [0, 0.1) is 17.2 Å². The maximum atomic E-state index is 14.2. The smallest absolute Gasteiger partial charge is 0.380 e. The summed E-state index contributed by atoms with van der Waals surface area (Å²) in [7, 11) is 0. The summed E-state index contributed by atoms with van der Waals surface area (Å²) in [6.07, 6.45) is 6.50. The largest absolute Gasteiger partial charge is 0.416 e. The van der Waals surface area contributed by atoms with Crippen molar-refractivity contribution >= 4 is 5.95 Å². The van der Waals surface area contributed by atoms with Gasteiger partial charge in [0, 0.05) is 41.4 Å². The van der Waals surface area contributed by atoms with Crippen LogP contribution in [0.1, 0.15) is 5.56 Å². The van der Waals surface area contributed by atoms with E-state index in [-0.39, 0.29) is 22.6 Å². The van der Waals surface area contributed by atoms with Crippen LogP contribution in [-0.2, 0) is 10.9 Å². The molecule has 1 spiro atoms. The fraction of sp³-hybridized carbons (Fsp3) is 0.333. The van der Waals surface area contributed by atoms with Gasteiger partial charge in [0.25, 0.3) is 0 Å². The number of hydrogen-bond donors (Lipinski definition) is 0. The highest BCUT2D eigenvalue weighted by Gasteiger charge is 2.56. The van der Waals surface area contributed by atoms with Crippen LogP contribution >= 0.6 is 0 Å². The van der Waals surface area contributed by atoms with E-state index in [2.05, 4.69) is 27.0 Å². The molecule has 1 aromatic carbocycles. The molecule has 150 valence electrons. The van der Waals surface area contributed by atoms with Crippen LogP contribution in [0.4, 0.5) is 23.5 Å². The molecule has 1 aliphatic carbocycles. The first kappa shape index (κ1) is 18.3. The Hall–Kier alpha value is -2.74. The van der Waals surface area contributed by atoms with E-state index in [0.717, 1.165) is 24.7 Å². The summed E-state index contributed by atoms with van der Waals surface area (Å²) < 4.78 is 58.5. The number of fused-ring (bicyclic) bond motifs is 2. The zero-order valence-electron chi connectivity index (χ0n) is 15.2. The van der Waals surface area contributed by atoms with Gasteiger partial charge >= 0.3 is 6.18 Å². The van der Waals surface area contributed by atoms with Gasteiger partial charge in [-0.3, -0.25) is 0 Å². The molecule has 29 heavy (non-hydrogen) atoms. The topological polar surface area (TPSA) is 38.2 Å². The van der Waals surface area contributed by atoms with E-state index in [1.807, 2.05) is 12.2 Å². The second kappa shape index (κ2) is 6.38. The van der Waals surface area contributed by atoms with Gasteiger partial charge in [0.05, 0.1) is 24.8 Å². The van der Waals surface area contributed by atoms with Crippen LogP contribution in [0.25, 0.3) is 11.1 Å². The molecule has 0 saturated carbocycles. The number of nitrogens with zero attached hydrogens (tertiary/aromatic N) is 3. The highest BCUT2D eigenvalue weighted by atomic mass is 19.4. The van der Waals surface area contributed by atoms with E-state index in [4.69, 9.17) is 4.74 Å². The quantitative estimate of drug-likeness (QED) is 0.703. The molecule has 0 radical (unpaired) electrons. The van der Waals surface area contributed by atoms with E-state index >= 15 is 0 Å². The molecule has 2 aromatic rings. The number of anilines is 1. The van der Waals surface area contributed by atoms with Crippen molar-refractivity contribution in [2.45, 2.75) is 12.2 Å². The normalized spacial score (nSPS) is 24.6. The molecule has 4 nitrogen and oxygen atoms in total. The Labute approximate surface area is 164 Å². The monoisotopic (exact) mass is 403 g/mol. The molecule has 5 rings (SSSR count). The lowest BCUT2D eigenvalue weighted by Crippen LogP contribution is -2.48. The first-order valence-corrected chi connectivity index (χ1v) is 9.26. The molecule has 2 saturated heterocycles. The summed E-state index contributed by atoms with van der Waals surface area (Å²) in [5.74, 6) is 0.0202. The predicted octanol–water partition coefficient (Wildman–Crippen LogP) is 4.25. The van der Waals surface area contributed by atoms with Crippen LogP contribution in [-0.4, -0.2) is 35.8 Å². The van der Waals surface area contributed by atoms with Gasteiger partial charge in [0.15, 0.2) is 0 Å². The number of hydrogen-bond acceptors (Lipinski definition) is 4. The zero-order valence-corrected chi connectivity index (χ0v) is 15.2. The van der Waals surface area contributed by atoms with Crippen molar-refractivity contribution < 1.29 is 22.3 Å². The van der Waals surface area contributed by atoms with Crippen LogP contribution in [0.5, 0.6) is 0 Å². The minimum atomic E-state index is -4.55. The van der Waals surface area contributed by atoms with E-state index < -0.39 is 17.6 Å². The van der Waals surface area contributed by atoms with Crippen molar-refractivity contribution in [1.82, 2.24) is 9.97 Å². The average Bonchev–Trinajstić information content (AvgIpc) is 3.04. The molecule has 0 bridgehead atoms. The molecule has 2 aliphatic heterocycles. The SMILES string of the molecule is Fc1ccc(C(F)(F)F)cc1-c1cnc(N2CC3(COC3)C3C=CC=CC32)nc1. The summed E-state index contributed by atoms with van der Waals surface area (Å²) in [4.78, 5) is 10.8. The molecule has 1 aromatic heterocycles. The Morgan fingerprint density at radius 2 is 1.79 bits per heavy atom. The van der Waals surface area contributed by atoms with Crippen molar-refractivity contribution in [1.29, 1.82) is 0 Å². The third-order valence-corrected chi connectivity index (χ3v) is 5.94. The van der Waals surface area contributed by atoms with Gasteiger partial charge in [-0.15, -0.1) is 0 Å². The van der Waals surface area contributed by atoms with Gasteiger partial charge in [-0.1, -0.05) is 24.3 Å². The van der Waals surface area contributed by atoms with E-state index in [0.29, 0.717) is 25.1 Å². The number of benzene rings is 1. The van der Waals surface area contributed by atoms with Gasteiger partial charge < -0.3 is 9.64 Å². The lowest BCUT2D eigenvalue weighted by molar-refractivity contribution is -0.137. The van der Waals surface area contributed by atoms with Crippen molar-refractivity contribution in [3.8, 4) is 11.1 Å². The zero-order chi connectivity index (χ0) is 20.2. The summed E-state index contributed by atoms with van der Waals surface area (Å²) in [5, 5.41) is 0. The second-order valence-corrected chi connectivity index (χ2v) is 7.73. The molecule has 2 atom stereocenters. The van der Waals surface area contributed by atoms with Crippen molar-refractivity contribution in [3.63, 3.8) is 0 Å².